The minimum atomic E-state index is -1.31. The van der Waals surface area contributed by atoms with Gasteiger partial charge < -0.3 is 9.47 Å². The molecular weight excluding hydrogens is 564 g/mol. The maximum atomic E-state index is 13.3. The average molecular weight is 581 g/mol. The van der Waals surface area contributed by atoms with Crippen LogP contribution in [0.2, 0.25) is 0 Å². The molecule has 2 unspecified atom stereocenters. The highest BCUT2D eigenvalue weighted by molar-refractivity contribution is 9.10. The molecule has 1 fully saturated rings. The smallest absolute Gasteiger partial charge is 0.355 e. The number of halogens is 1. The highest BCUT2D eigenvalue weighted by Crippen LogP contribution is 2.58. The molecule has 0 aliphatic carbocycles. The normalized spacial score (nSPS) is 23.1. The van der Waals surface area contributed by atoms with Gasteiger partial charge in [-0.3, -0.25) is 29.3 Å². The Morgan fingerprint density at radius 1 is 1.37 bits per heavy atom. The van der Waals surface area contributed by atoms with Crippen LogP contribution in [0, 0.1) is 10.1 Å². The van der Waals surface area contributed by atoms with Crippen LogP contribution in [-0.2, 0) is 37.0 Å². The van der Waals surface area contributed by atoms with Gasteiger partial charge in [-0.1, -0.05) is 15.9 Å². The Labute approximate surface area is 215 Å². The van der Waals surface area contributed by atoms with E-state index in [2.05, 4.69) is 21.0 Å². The van der Waals surface area contributed by atoms with E-state index in [-0.39, 0.29) is 18.0 Å². The van der Waals surface area contributed by atoms with Crippen molar-refractivity contribution in [3.8, 4) is 0 Å². The van der Waals surface area contributed by atoms with Crippen molar-refractivity contribution in [2.45, 2.75) is 40.9 Å². The molecule has 0 N–H and O–H groups in total. The molecule has 1 saturated heterocycles. The molecule has 1 aromatic carbocycles. The molecule has 14 heteroatoms. The SMILES string of the molecule is CC(=O)OC(c1cc2n(n1)CCS2)C1(Br)C(=O)N2C(C(=O)OCc3ccc([N+](=O)[O-])cc3)=CS[C@@H]21. The van der Waals surface area contributed by atoms with Crippen molar-refractivity contribution in [2.24, 2.45) is 0 Å². The molecule has 1 amide bonds. The van der Waals surface area contributed by atoms with Crippen LogP contribution in [0.3, 0.4) is 0 Å². The molecule has 3 aliphatic heterocycles. The van der Waals surface area contributed by atoms with Crippen molar-refractivity contribution in [3.63, 3.8) is 0 Å². The fraction of sp³-hybridized carbons (Fsp3) is 0.333. The van der Waals surface area contributed by atoms with E-state index in [0.29, 0.717) is 11.3 Å². The van der Waals surface area contributed by atoms with Gasteiger partial charge in [0.25, 0.3) is 11.6 Å². The van der Waals surface area contributed by atoms with Crippen LogP contribution >= 0.6 is 39.5 Å². The van der Waals surface area contributed by atoms with E-state index in [0.717, 1.165) is 17.3 Å². The molecule has 182 valence electrons. The Kier molecular flexibility index (Phi) is 6.13. The molecule has 11 nitrogen and oxygen atoms in total. The molecule has 0 radical (unpaired) electrons. The van der Waals surface area contributed by atoms with Crippen molar-refractivity contribution in [2.75, 3.05) is 5.75 Å². The van der Waals surface area contributed by atoms with Gasteiger partial charge in [-0.15, -0.1) is 23.5 Å². The number of nitrogens with zero attached hydrogens (tertiary/aromatic N) is 4. The van der Waals surface area contributed by atoms with E-state index in [1.54, 1.807) is 11.8 Å². The lowest BCUT2D eigenvalue weighted by molar-refractivity contribution is -0.384. The van der Waals surface area contributed by atoms with Crippen molar-refractivity contribution < 1.29 is 28.8 Å². The summed E-state index contributed by atoms with van der Waals surface area (Å²) in [4.78, 5) is 49.6. The maximum absolute atomic E-state index is 13.3. The molecular formula is C21H17BrN4O7S2. The van der Waals surface area contributed by atoms with Crippen molar-refractivity contribution in [3.05, 3.63) is 62.8 Å². The number of benzene rings is 1. The number of non-ortho nitro benzene ring substituents is 1. The summed E-state index contributed by atoms with van der Waals surface area (Å²) in [6.07, 6.45) is -0.983. The Bertz CT molecular complexity index is 1260. The molecule has 4 heterocycles. The van der Waals surface area contributed by atoms with Crippen molar-refractivity contribution >= 4 is 63.0 Å². The molecule has 1 aromatic heterocycles. The highest BCUT2D eigenvalue weighted by Gasteiger charge is 2.69. The van der Waals surface area contributed by atoms with Crippen LogP contribution in [0.5, 0.6) is 0 Å². The van der Waals surface area contributed by atoms with E-state index >= 15 is 0 Å². The summed E-state index contributed by atoms with van der Waals surface area (Å²) >= 11 is 6.40. The van der Waals surface area contributed by atoms with Gasteiger partial charge in [-0.2, -0.15) is 5.10 Å². The summed E-state index contributed by atoms with van der Waals surface area (Å²) in [7, 11) is 0. The topological polar surface area (TPSA) is 134 Å². The maximum Gasteiger partial charge on any atom is 0.355 e. The van der Waals surface area contributed by atoms with E-state index in [1.165, 1.54) is 53.3 Å². The summed E-state index contributed by atoms with van der Waals surface area (Å²) in [5.41, 5.74) is 1.03. The Hall–Kier alpha value is -2.84. The number of esters is 2. The van der Waals surface area contributed by atoms with Crippen LogP contribution in [0.15, 0.2) is 46.5 Å². The number of aryl methyl sites for hydroxylation is 1. The monoisotopic (exact) mass is 580 g/mol. The molecule has 35 heavy (non-hydrogen) atoms. The Morgan fingerprint density at radius 3 is 2.77 bits per heavy atom. The lowest BCUT2D eigenvalue weighted by Crippen LogP contribution is -2.70. The summed E-state index contributed by atoms with van der Waals surface area (Å²) in [5.74, 6) is -0.805. The predicted molar refractivity (Wildman–Crippen MR) is 128 cm³/mol. The average Bonchev–Trinajstić information content (AvgIpc) is 3.54. The summed E-state index contributed by atoms with van der Waals surface area (Å²) in [6.45, 7) is 1.88. The number of aromatic nitrogens is 2. The quantitative estimate of drug-likeness (QED) is 0.158. The van der Waals surface area contributed by atoms with Crippen LogP contribution in [0.25, 0.3) is 0 Å². The third-order valence-corrected chi connectivity index (χ3v) is 9.39. The first kappa shape index (κ1) is 23.9. The van der Waals surface area contributed by atoms with Gasteiger partial charge in [0.15, 0.2) is 10.4 Å². The largest absolute Gasteiger partial charge is 0.456 e. The second kappa shape index (κ2) is 8.99. The number of carbonyl (C=O) groups excluding carboxylic acids is 3. The number of rotatable bonds is 7. The minimum Gasteiger partial charge on any atom is -0.456 e. The van der Waals surface area contributed by atoms with Gasteiger partial charge in [0.1, 0.15) is 23.4 Å². The molecule has 0 bridgehead atoms. The van der Waals surface area contributed by atoms with Crippen LogP contribution in [0.4, 0.5) is 5.69 Å². The number of nitro groups is 1. The van der Waals surface area contributed by atoms with Crippen LogP contribution in [0.1, 0.15) is 24.3 Å². The summed E-state index contributed by atoms with van der Waals surface area (Å²) in [6, 6.07) is 7.45. The fourth-order valence-corrected chi connectivity index (χ4v) is 7.24. The molecule has 0 saturated carbocycles. The molecule has 2 aromatic rings. The number of amides is 1. The first-order valence-corrected chi connectivity index (χ1v) is 13.1. The number of alkyl halides is 1. The van der Waals surface area contributed by atoms with Gasteiger partial charge in [0.05, 0.1) is 16.5 Å². The number of β-lactam (4-membered cyclic amide) rings is 1. The van der Waals surface area contributed by atoms with Crippen LogP contribution in [-0.4, -0.2) is 52.9 Å². The zero-order chi connectivity index (χ0) is 24.9. The number of hydrogen-bond acceptors (Lipinski definition) is 10. The Balaban J connectivity index is 1.30. The molecule has 3 atom stereocenters. The second-order valence-corrected chi connectivity index (χ2v) is 11.3. The number of hydrogen-bond donors (Lipinski definition) is 0. The van der Waals surface area contributed by atoms with Gasteiger partial charge in [0.2, 0.25) is 0 Å². The number of carbonyl (C=O) groups is 3. The van der Waals surface area contributed by atoms with E-state index in [1.807, 2.05) is 10.7 Å². The van der Waals surface area contributed by atoms with Crippen molar-refractivity contribution in [1.29, 1.82) is 0 Å². The zero-order valence-corrected chi connectivity index (χ0v) is 21.3. The standard InChI is InChI=1S/C21H17BrN4O7S2/c1-11(27)33-17(14-8-16-24(23-14)6-7-34-16)21(22)19(29)25-15(10-35-20(21)25)18(28)32-9-12-2-4-13(5-3-12)26(30)31/h2-5,8,10,17,20H,6-7,9H2,1H3/t17?,20-,21?/m1/s1. The van der Waals surface area contributed by atoms with Gasteiger partial charge in [-0.25, -0.2) is 4.79 Å². The molecule has 3 aliphatic rings. The van der Waals surface area contributed by atoms with Gasteiger partial charge in [-0.05, 0) is 23.8 Å². The van der Waals surface area contributed by atoms with Crippen LogP contribution < -0.4 is 0 Å². The lowest BCUT2D eigenvalue weighted by Gasteiger charge is -2.51. The zero-order valence-electron chi connectivity index (χ0n) is 18.1. The number of ether oxygens (including phenoxy) is 2. The number of nitro benzene ring substituents is 1. The van der Waals surface area contributed by atoms with Gasteiger partial charge in [0, 0.05) is 30.2 Å². The van der Waals surface area contributed by atoms with E-state index < -0.39 is 38.6 Å². The number of thioether (sulfide) groups is 2. The van der Waals surface area contributed by atoms with Gasteiger partial charge >= 0.3 is 11.9 Å². The first-order chi connectivity index (χ1) is 16.7. The fourth-order valence-electron chi connectivity index (χ4n) is 4.01. The van der Waals surface area contributed by atoms with E-state index in [9.17, 15) is 24.5 Å². The highest BCUT2D eigenvalue weighted by atomic mass is 79.9. The third-order valence-electron chi connectivity index (χ3n) is 5.68. The summed E-state index contributed by atoms with van der Waals surface area (Å²) in [5, 5.41) is 17.2. The predicted octanol–water partition coefficient (Wildman–Crippen LogP) is 3.13. The Morgan fingerprint density at radius 2 is 2.11 bits per heavy atom. The summed E-state index contributed by atoms with van der Waals surface area (Å²) < 4.78 is 11.4. The third kappa shape index (κ3) is 4.02. The molecule has 5 rings (SSSR count). The minimum absolute atomic E-state index is 0.0680. The van der Waals surface area contributed by atoms with Crippen molar-refractivity contribution in [1.82, 2.24) is 14.7 Å². The van der Waals surface area contributed by atoms with E-state index in [4.69, 9.17) is 9.47 Å². The second-order valence-electron chi connectivity index (χ2n) is 7.90. The molecule has 0 spiro atoms. The number of fused-ring (bicyclic) bond motifs is 2. The lowest BCUT2D eigenvalue weighted by atomic mass is 9.89. The first-order valence-electron chi connectivity index (χ1n) is 10.4.